The zero-order valence-electron chi connectivity index (χ0n) is 9.68. The van der Waals surface area contributed by atoms with E-state index in [9.17, 15) is 0 Å². The van der Waals surface area contributed by atoms with Crippen molar-refractivity contribution < 1.29 is 4.74 Å². The van der Waals surface area contributed by atoms with E-state index in [0.29, 0.717) is 6.01 Å². The minimum Gasteiger partial charge on any atom is -0.424 e. The van der Waals surface area contributed by atoms with Gasteiger partial charge in [0.05, 0.1) is 0 Å². The second-order valence-corrected chi connectivity index (χ2v) is 6.10. The normalized spacial score (nSPS) is 10.6. The van der Waals surface area contributed by atoms with Gasteiger partial charge in [0.25, 0.3) is 0 Å². The fraction of sp³-hybridized carbons (Fsp3) is 0. The molecule has 19 heavy (non-hydrogen) atoms. The molecule has 0 N–H and O–H groups in total. The standard InChI is InChI=1S/C14H8BrIN2O/c15-11-3-1-10-6-13(4-2-9(10)5-11)19-14-17-7-12(16)8-18-14/h1-8H. The van der Waals surface area contributed by atoms with Gasteiger partial charge in [-0.15, -0.1) is 0 Å². The fourth-order valence-electron chi connectivity index (χ4n) is 1.72. The third-order valence-electron chi connectivity index (χ3n) is 2.58. The maximum absolute atomic E-state index is 5.63. The van der Waals surface area contributed by atoms with Crippen molar-refractivity contribution in [1.29, 1.82) is 0 Å². The van der Waals surface area contributed by atoms with E-state index in [4.69, 9.17) is 4.74 Å². The molecular formula is C14H8BrIN2O. The Morgan fingerprint density at radius 3 is 2.42 bits per heavy atom. The first kappa shape index (κ1) is 12.8. The van der Waals surface area contributed by atoms with E-state index in [1.54, 1.807) is 12.4 Å². The Morgan fingerprint density at radius 2 is 1.63 bits per heavy atom. The van der Waals surface area contributed by atoms with Crippen molar-refractivity contribution in [3.63, 3.8) is 0 Å². The Balaban J connectivity index is 1.93. The molecule has 0 atom stereocenters. The lowest BCUT2D eigenvalue weighted by atomic mass is 10.1. The summed E-state index contributed by atoms with van der Waals surface area (Å²) in [5.74, 6) is 0.732. The van der Waals surface area contributed by atoms with Crippen LogP contribution in [0.25, 0.3) is 10.8 Å². The molecule has 0 saturated heterocycles. The molecule has 3 aromatic rings. The lowest BCUT2D eigenvalue weighted by Crippen LogP contribution is -1.91. The van der Waals surface area contributed by atoms with Gasteiger partial charge >= 0.3 is 6.01 Å². The smallest absolute Gasteiger partial charge is 0.321 e. The Bertz CT molecular complexity index is 731. The molecule has 0 radical (unpaired) electrons. The molecule has 0 aliphatic rings. The van der Waals surface area contributed by atoms with Gasteiger partial charge in [0, 0.05) is 20.4 Å². The number of benzene rings is 2. The molecular weight excluding hydrogens is 419 g/mol. The summed E-state index contributed by atoms with van der Waals surface area (Å²) in [7, 11) is 0. The van der Waals surface area contributed by atoms with Gasteiger partial charge in [0.15, 0.2) is 0 Å². The van der Waals surface area contributed by atoms with Crippen LogP contribution in [0.4, 0.5) is 0 Å². The minimum absolute atomic E-state index is 0.358. The van der Waals surface area contributed by atoms with Gasteiger partial charge in [-0.25, -0.2) is 9.97 Å². The van der Waals surface area contributed by atoms with Crippen LogP contribution in [0.5, 0.6) is 11.8 Å². The Kier molecular flexibility index (Phi) is 3.65. The second-order valence-electron chi connectivity index (χ2n) is 3.94. The highest BCUT2D eigenvalue weighted by Gasteiger charge is 2.02. The summed E-state index contributed by atoms with van der Waals surface area (Å²) in [4.78, 5) is 8.24. The summed E-state index contributed by atoms with van der Waals surface area (Å²) in [5, 5.41) is 2.27. The first-order chi connectivity index (χ1) is 9.20. The van der Waals surface area contributed by atoms with Crippen LogP contribution in [-0.4, -0.2) is 9.97 Å². The first-order valence-electron chi connectivity index (χ1n) is 5.55. The van der Waals surface area contributed by atoms with Crippen molar-refractivity contribution in [2.75, 3.05) is 0 Å². The van der Waals surface area contributed by atoms with Gasteiger partial charge in [-0.3, -0.25) is 0 Å². The molecule has 3 nitrogen and oxygen atoms in total. The van der Waals surface area contributed by atoms with E-state index in [1.165, 1.54) is 0 Å². The van der Waals surface area contributed by atoms with Gasteiger partial charge in [0.1, 0.15) is 5.75 Å². The molecule has 0 saturated carbocycles. The van der Waals surface area contributed by atoms with Gasteiger partial charge < -0.3 is 4.74 Å². The number of nitrogens with zero attached hydrogens (tertiary/aromatic N) is 2. The first-order valence-corrected chi connectivity index (χ1v) is 7.42. The molecule has 2 aromatic carbocycles. The van der Waals surface area contributed by atoms with Crippen LogP contribution in [0.15, 0.2) is 53.3 Å². The zero-order chi connectivity index (χ0) is 13.2. The number of hydrogen-bond donors (Lipinski definition) is 0. The average molecular weight is 427 g/mol. The minimum atomic E-state index is 0.358. The number of fused-ring (bicyclic) bond motifs is 1. The Labute approximate surface area is 132 Å². The highest BCUT2D eigenvalue weighted by Crippen LogP contribution is 2.26. The Morgan fingerprint density at radius 1 is 0.947 bits per heavy atom. The largest absolute Gasteiger partial charge is 0.424 e. The summed E-state index contributed by atoms with van der Waals surface area (Å²) >= 11 is 5.62. The van der Waals surface area contributed by atoms with E-state index in [2.05, 4.69) is 54.6 Å². The van der Waals surface area contributed by atoms with E-state index >= 15 is 0 Å². The predicted molar refractivity (Wildman–Crippen MR) is 86.5 cm³/mol. The monoisotopic (exact) mass is 426 g/mol. The van der Waals surface area contributed by atoms with E-state index in [-0.39, 0.29) is 0 Å². The van der Waals surface area contributed by atoms with Crippen LogP contribution < -0.4 is 4.74 Å². The van der Waals surface area contributed by atoms with Gasteiger partial charge in [-0.05, 0) is 57.6 Å². The molecule has 0 spiro atoms. The molecule has 0 aliphatic carbocycles. The average Bonchev–Trinajstić information content (AvgIpc) is 2.42. The van der Waals surface area contributed by atoms with Crippen LogP contribution in [-0.2, 0) is 0 Å². The molecule has 94 valence electrons. The van der Waals surface area contributed by atoms with Crippen molar-refractivity contribution in [3.8, 4) is 11.8 Å². The summed E-state index contributed by atoms with van der Waals surface area (Å²) in [6, 6.07) is 12.4. The molecule has 1 aromatic heterocycles. The SMILES string of the molecule is Brc1ccc2cc(Oc3ncc(I)cn3)ccc2c1. The molecule has 0 amide bonds. The third kappa shape index (κ3) is 3.03. The van der Waals surface area contributed by atoms with Crippen molar-refractivity contribution in [3.05, 3.63) is 56.8 Å². The predicted octanol–water partition coefficient (Wildman–Crippen LogP) is 4.79. The van der Waals surface area contributed by atoms with Crippen LogP contribution in [0.2, 0.25) is 0 Å². The van der Waals surface area contributed by atoms with E-state index in [0.717, 1.165) is 24.6 Å². The summed E-state index contributed by atoms with van der Waals surface area (Å²) in [6.07, 6.45) is 3.45. The highest BCUT2D eigenvalue weighted by atomic mass is 127. The Hall–Kier alpha value is -1.21. The van der Waals surface area contributed by atoms with Crippen molar-refractivity contribution >= 4 is 49.3 Å². The van der Waals surface area contributed by atoms with Crippen LogP contribution in [0.1, 0.15) is 0 Å². The maximum atomic E-state index is 5.63. The molecule has 0 fully saturated rings. The molecule has 0 aliphatic heterocycles. The maximum Gasteiger partial charge on any atom is 0.321 e. The van der Waals surface area contributed by atoms with Gasteiger partial charge in [0.2, 0.25) is 0 Å². The zero-order valence-corrected chi connectivity index (χ0v) is 13.4. The van der Waals surface area contributed by atoms with Crippen molar-refractivity contribution in [2.24, 2.45) is 0 Å². The fourth-order valence-corrected chi connectivity index (χ4v) is 2.37. The number of rotatable bonds is 2. The molecule has 3 rings (SSSR count). The third-order valence-corrected chi connectivity index (χ3v) is 3.63. The molecule has 0 bridgehead atoms. The van der Waals surface area contributed by atoms with Crippen LogP contribution in [0.3, 0.4) is 0 Å². The van der Waals surface area contributed by atoms with Gasteiger partial charge in [-0.1, -0.05) is 28.1 Å². The van der Waals surface area contributed by atoms with Crippen LogP contribution in [0, 0.1) is 3.57 Å². The number of aromatic nitrogens is 2. The van der Waals surface area contributed by atoms with Crippen LogP contribution >= 0.6 is 38.5 Å². The number of halogens is 2. The van der Waals surface area contributed by atoms with Crippen molar-refractivity contribution in [1.82, 2.24) is 9.97 Å². The second kappa shape index (κ2) is 5.42. The molecule has 5 heteroatoms. The van der Waals surface area contributed by atoms with E-state index < -0.39 is 0 Å². The highest BCUT2D eigenvalue weighted by molar-refractivity contribution is 14.1. The summed E-state index contributed by atoms with van der Waals surface area (Å²) in [5.41, 5.74) is 0. The topological polar surface area (TPSA) is 35.0 Å². The lowest BCUT2D eigenvalue weighted by Gasteiger charge is -2.05. The summed E-state index contributed by atoms with van der Waals surface area (Å²) < 4.78 is 7.68. The van der Waals surface area contributed by atoms with Crippen molar-refractivity contribution in [2.45, 2.75) is 0 Å². The quantitative estimate of drug-likeness (QED) is 0.552. The number of ether oxygens (including phenoxy) is 1. The molecule has 0 unspecified atom stereocenters. The lowest BCUT2D eigenvalue weighted by molar-refractivity contribution is 0.442. The number of hydrogen-bond acceptors (Lipinski definition) is 3. The summed E-state index contributed by atoms with van der Waals surface area (Å²) in [6.45, 7) is 0. The molecule has 1 heterocycles. The van der Waals surface area contributed by atoms with E-state index in [1.807, 2.05) is 30.3 Å². The van der Waals surface area contributed by atoms with Gasteiger partial charge in [-0.2, -0.15) is 0 Å².